The summed E-state index contributed by atoms with van der Waals surface area (Å²) in [6, 6.07) is 3.69. The standard InChI is InChI=1S/C13H21N3O2/c14-11-4-5-13(18)16(10-11)7-6-15(8-9-17)12-2-1-3-12/h4-5,10,12,17H,1-3,6-9,14H2. The zero-order valence-corrected chi connectivity index (χ0v) is 10.6. The van der Waals surface area contributed by atoms with Gasteiger partial charge in [0.1, 0.15) is 0 Å². The van der Waals surface area contributed by atoms with E-state index in [0.717, 1.165) is 6.54 Å². The number of nitrogens with zero attached hydrogens (tertiary/aromatic N) is 2. The number of rotatable bonds is 6. The van der Waals surface area contributed by atoms with Gasteiger partial charge in [-0.25, -0.2) is 0 Å². The first kappa shape index (κ1) is 13.1. The summed E-state index contributed by atoms with van der Waals surface area (Å²) in [6.45, 7) is 2.26. The highest BCUT2D eigenvalue weighted by Gasteiger charge is 2.24. The minimum Gasteiger partial charge on any atom is -0.398 e. The number of aromatic nitrogens is 1. The second kappa shape index (κ2) is 6.02. The molecule has 0 spiro atoms. The highest BCUT2D eigenvalue weighted by atomic mass is 16.3. The first-order valence-corrected chi connectivity index (χ1v) is 6.51. The number of aliphatic hydroxyl groups excluding tert-OH is 1. The Morgan fingerprint density at radius 1 is 1.39 bits per heavy atom. The van der Waals surface area contributed by atoms with Gasteiger partial charge in [0.2, 0.25) is 0 Å². The molecular formula is C13H21N3O2. The minimum atomic E-state index is -0.0262. The van der Waals surface area contributed by atoms with E-state index in [2.05, 4.69) is 4.90 Å². The van der Waals surface area contributed by atoms with Gasteiger partial charge in [0.05, 0.1) is 6.61 Å². The smallest absolute Gasteiger partial charge is 0.250 e. The van der Waals surface area contributed by atoms with Crippen molar-refractivity contribution >= 4 is 5.69 Å². The van der Waals surface area contributed by atoms with Crippen molar-refractivity contribution in [1.29, 1.82) is 0 Å². The van der Waals surface area contributed by atoms with E-state index < -0.39 is 0 Å². The van der Waals surface area contributed by atoms with Crippen LogP contribution >= 0.6 is 0 Å². The van der Waals surface area contributed by atoms with Crippen LogP contribution < -0.4 is 11.3 Å². The van der Waals surface area contributed by atoms with Crippen LogP contribution in [0.3, 0.4) is 0 Å². The fourth-order valence-corrected chi connectivity index (χ4v) is 2.32. The van der Waals surface area contributed by atoms with E-state index in [9.17, 15) is 4.79 Å². The van der Waals surface area contributed by atoms with Crippen molar-refractivity contribution in [2.24, 2.45) is 0 Å². The molecule has 0 bridgehead atoms. The molecule has 5 nitrogen and oxygen atoms in total. The molecule has 18 heavy (non-hydrogen) atoms. The number of pyridine rings is 1. The van der Waals surface area contributed by atoms with E-state index in [4.69, 9.17) is 10.8 Å². The molecule has 0 aromatic carbocycles. The Morgan fingerprint density at radius 3 is 2.78 bits per heavy atom. The van der Waals surface area contributed by atoms with Gasteiger partial charge in [-0.3, -0.25) is 9.69 Å². The van der Waals surface area contributed by atoms with Crippen molar-refractivity contribution in [3.05, 3.63) is 28.7 Å². The highest BCUT2D eigenvalue weighted by molar-refractivity contribution is 5.33. The molecule has 2 rings (SSSR count). The van der Waals surface area contributed by atoms with E-state index in [0.29, 0.717) is 24.8 Å². The minimum absolute atomic E-state index is 0.0262. The summed E-state index contributed by atoms with van der Waals surface area (Å²) >= 11 is 0. The van der Waals surface area contributed by atoms with Crippen molar-refractivity contribution in [3.8, 4) is 0 Å². The van der Waals surface area contributed by atoms with Crippen LogP contribution in [-0.4, -0.2) is 40.3 Å². The Hall–Kier alpha value is -1.33. The SMILES string of the molecule is Nc1ccc(=O)n(CCN(CCO)C2CCC2)c1. The molecule has 5 heteroatoms. The van der Waals surface area contributed by atoms with E-state index in [1.165, 1.54) is 25.3 Å². The summed E-state index contributed by atoms with van der Waals surface area (Å²) in [6.07, 6.45) is 5.35. The third-order valence-electron chi connectivity index (χ3n) is 3.61. The van der Waals surface area contributed by atoms with Gasteiger partial charge < -0.3 is 15.4 Å². The maximum absolute atomic E-state index is 11.6. The molecule has 1 aromatic rings. The van der Waals surface area contributed by atoms with Crippen LogP contribution in [0.4, 0.5) is 5.69 Å². The predicted octanol–water partition coefficient (Wildman–Crippen LogP) is 0.277. The third-order valence-corrected chi connectivity index (χ3v) is 3.61. The number of aliphatic hydroxyl groups is 1. The highest BCUT2D eigenvalue weighted by Crippen LogP contribution is 2.24. The van der Waals surface area contributed by atoms with Gasteiger partial charge in [-0.15, -0.1) is 0 Å². The topological polar surface area (TPSA) is 71.5 Å². The van der Waals surface area contributed by atoms with Gasteiger partial charge in [0, 0.05) is 43.6 Å². The molecule has 0 aliphatic heterocycles. The third kappa shape index (κ3) is 3.11. The van der Waals surface area contributed by atoms with Crippen LogP contribution in [0, 0.1) is 0 Å². The second-order valence-corrected chi connectivity index (χ2v) is 4.84. The van der Waals surface area contributed by atoms with E-state index in [-0.39, 0.29) is 12.2 Å². The lowest BCUT2D eigenvalue weighted by atomic mass is 9.91. The van der Waals surface area contributed by atoms with Crippen LogP contribution in [0.15, 0.2) is 23.1 Å². The summed E-state index contributed by atoms with van der Waals surface area (Å²) in [4.78, 5) is 13.9. The molecule has 0 unspecified atom stereocenters. The lowest BCUT2D eigenvalue weighted by Crippen LogP contribution is -2.44. The molecule has 0 saturated heterocycles. The molecule has 1 aromatic heterocycles. The molecule has 1 aliphatic carbocycles. The van der Waals surface area contributed by atoms with Gasteiger partial charge in [-0.1, -0.05) is 6.42 Å². The Kier molecular flexibility index (Phi) is 4.38. The molecule has 100 valence electrons. The fraction of sp³-hybridized carbons (Fsp3) is 0.615. The van der Waals surface area contributed by atoms with E-state index in [1.54, 1.807) is 16.8 Å². The number of hydrogen-bond acceptors (Lipinski definition) is 4. The van der Waals surface area contributed by atoms with Crippen molar-refractivity contribution in [2.45, 2.75) is 31.8 Å². The normalized spacial score (nSPS) is 15.9. The molecule has 0 radical (unpaired) electrons. The fourth-order valence-electron chi connectivity index (χ4n) is 2.32. The summed E-state index contributed by atoms with van der Waals surface area (Å²) in [5, 5.41) is 9.07. The first-order valence-electron chi connectivity index (χ1n) is 6.51. The Morgan fingerprint density at radius 2 is 2.17 bits per heavy atom. The zero-order chi connectivity index (χ0) is 13.0. The lowest BCUT2D eigenvalue weighted by Gasteiger charge is -2.37. The lowest BCUT2D eigenvalue weighted by molar-refractivity contribution is 0.0975. The number of nitrogens with two attached hydrogens (primary N) is 1. The number of anilines is 1. The Balaban J connectivity index is 1.95. The van der Waals surface area contributed by atoms with E-state index >= 15 is 0 Å². The summed E-state index contributed by atoms with van der Waals surface area (Å²) < 4.78 is 1.64. The van der Waals surface area contributed by atoms with Crippen molar-refractivity contribution < 1.29 is 5.11 Å². The average molecular weight is 251 g/mol. The predicted molar refractivity (Wildman–Crippen MR) is 71.4 cm³/mol. The van der Waals surface area contributed by atoms with Crippen LogP contribution in [0.25, 0.3) is 0 Å². The number of nitrogen functional groups attached to an aromatic ring is 1. The van der Waals surface area contributed by atoms with Crippen LogP contribution in [0.5, 0.6) is 0 Å². The first-order chi connectivity index (χ1) is 8.70. The van der Waals surface area contributed by atoms with Gasteiger partial charge in [-0.2, -0.15) is 0 Å². The van der Waals surface area contributed by atoms with Crippen molar-refractivity contribution in [1.82, 2.24) is 9.47 Å². The van der Waals surface area contributed by atoms with E-state index in [1.807, 2.05) is 0 Å². The largest absolute Gasteiger partial charge is 0.398 e. The van der Waals surface area contributed by atoms with Crippen molar-refractivity contribution in [3.63, 3.8) is 0 Å². The van der Waals surface area contributed by atoms with Gasteiger partial charge in [-0.05, 0) is 18.9 Å². The molecule has 0 amide bonds. The summed E-state index contributed by atoms with van der Waals surface area (Å²) in [5.74, 6) is 0. The summed E-state index contributed by atoms with van der Waals surface area (Å²) in [5.41, 5.74) is 6.25. The maximum Gasteiger partial charge on any atom is 0.250 e. The van der Waals surface area contributed by atoms with Crippen LogP contribution in [0.2, 0.25) is 0 Å². The molecular weight excluding hydrogens is 230 g/mol. The van der Waals surface area contributed by atoms with Gasteiger partial charge in [0.25, 0.3) is 5.56 Å². The van der Waals surface area contributed by atoms with Gasteiger partial charge >= 0.3 is 0 Å². The Bertz CT molecular complexity index is 440. The van der Waals surface area contributed by atoms with Crippen molar-refractivity contribution in [2.75, 3.05) is 25.4 Å². The van der Waals surface area contributed by atoms with Crippen LogP contribution in [0.1, 0.15) is 19.3 Å². The Labute approximate surface area is 107 Å². The number of hydrogen-bond donors (Lipinski definition) is 2. The average Bonchev–Trinajstić information content (AvgIpc) is 2.28. The zero-order valence-electron chi connectivity index (χ0n) is 10.6. The summed E-state index contributed by atoms with van der Waals surface area (Å²) in [7, 11) is 0. The molecule has 0 atom stereocenters. The second-order valence-electron chi connectivity index (χ2n) is 4.84. The quantitative estimate of drug-likeness (QED) is 0.761. The molecule has 1 saturated carbocycles. The van der Waals surface area contributed by atoms with Gasteiger partial charge in [0.15, 0.2) is 0 Å². The maximum atomic E-state index is 11.6. The molecule has 1 heterocycles. The monoisotopic (exact) mass is 251 g/mol. The molecule has 3 N–H and O–H groups in total. The molecule has 1 aliphatic rings. The molecule has 1 fully saturated rings. The van der Waals surface area contributed by atoms with Crippen LogP contribution in [-0.2, 0) is 6.54 Å².